The van der Waals surface area contributed by atoms with E-state index in [0.29, 0.717) is 47.9 Å². The molecule has 0 unspecified atom stereocenters. The average Bonchev–Trinajstić information content (AvgIpc) is 3.46. The number of nitrogens with one attached hydrogen (secondary N) is 1. The quantitative estimate of drug-likeness (QED) is 0.337. The molecular weight excluding hydrogens is 436 g/mol. The highest BCUT2D eigenvalue weighted by molar-refractivity contribution is 5.87. The van der Waals surface area contributed by atoms with Crippen molar-refractivity contribution < 1.29 is 14.7 Å². The molecule has 5 rings (SSSR count). The molecule has 0 aliphatic carbocycles. The number of hydrogen-bond acceptors (Lipinski definition) is 7. The van der Waals surface area contributed by atoms with Crippen LogP contribution in [-0.4, -0.2) is 48.2 Å². The van der Waals surface area contributed by atoms with E-state index in [4.69, 9.17) is 4.74 Å². The summed E-state index contributed by atoms with van der Waals surface area (Å²) in [4.78, 5) is 35.8. The minimum atomic E-state index is -0.346. The fourth-order valence-electron chi connectivity index (χ4n) is 4.27. The van der Waals surface area contributed by atoms with Crippen LogP contribution in [0.2, 0.25) is 0 Å². The van der Waals surface area contributed by atoms with Gasteiger partial charge in [-0.3, -0.25) is 24.6 Å². The monoisotopic (exact) mass is 458 g/mol. The van der Waals surface area contributed by atoms with Crippen LogP contribution in [0.15, 0.2) is 78.4 Å². The zero-order valence-electron chi connectivity index (χ0n) is 18.2. The molecule has 0 radical (unpaired) electrons. The number of benzene rings is 2. The Morgan fingerprint density at radius 1 is 1.12 bits per heavy atom. The van der Waals surface area contributed by atoms with Crippen LogP contribution in [0.1, 0.15) is 12.5 Å². The third kappa shape index (κ3) is 3.69. The molecule has 1 atom stereocenters. The van der Waals surface area contributed by atoms with Crippen LogP contribution in [0.5, 0.6) is 11.5 Å². The fourth-order valence-corrected chi connectivity index (χ4v) is 4.27. The minimum absolute atomic E-state index is 0.0995. The summed E-state index contributed by atoms with van der Waals surface area (Å²) in [6, 6.07) is 16.1. The van der Waals surface area contributed by atoms with Crippen molar-refractivity contribution in [1.29, 1.82) is 0 Å². The molecule has 10 nitrogen and oxygen atoms in total. The van der Waals surface area contributed by atoms with Gasteiger partial charge in [0.15, 0.2) is 11.5 Å². The third-order valence-corrected chi connectivity index (χ3v) is 5.85. The van der Waals surface area contributed by atoms with Crippen LogP contribution >= 0.6 is 0 Å². The number of rotatable bonds is 6. The van der Waals surface area contributed by atoms with Crippen molar-refractivity contribution in [2.45, 2.75) is 12.5 Å². The molecule has 1 aliphatic rings. The van der Waals surface area contributed by atoms with Crippen molar-refractivity contribution in [3.05, 3.63) is 84.1 Å². The molecule has 1 saturated heterocycles. The summed E-state index contributed by atoms with van der Waals surface area (Å²) in [5.74, 6) is 1.23. The number of likely N-dealkylation sites (tertiary alicyclic amines) is 1. The van der Waals surface area contributed by atoms with E-state index in [1.807, 2.05) is 30.3 Å². The molecule has 0 bridgehead atoms. The van der Waals surface area contributed by atoms with Crippen molar-refractivity contribution >= 4 is 22.9 Å². The lowest BCUT2D eigenvalue weighted by Crippen LogP contribution is -2.31. The van der Waals surface area contributed by atoms with E-state index >= 15 is 0 Å². The molecule has 172 valence electrons. The first-order chi connectivity index (χ1) is 16.6. The lowest BCUT2D eigenvalue weighted by atomic mass is 10.2. The fraction of sp³-hybridized carbons (Fsp3) is 0.167. The third-order valence-electron chi connectivity index (χ3n) is 5.85. The molecule has 0 saturated carbocycles. The van der Waals surface area contributed by atoms with Crippen molar-refractivity contribution in [2.75, 3.05) is 18.6 Å². The van der Waals surface area contributed by atoms with Gasteiger partial charge in [-0.2, -0.15) is 0 Å². The van der Waals surface area contributed by atoms with Gasteiger partial charge in [0.25, 0.3) is 0 Å². The number of carbonyl (C=O) groups excluding carboxylic acids is 1. The van der Waals surface area contributed by atoms with Gasteiger partial charge in [-0.1, -0.05) is 24.8 Å². The Labute approximate surface area is 194 Å². The Kier molecular flexibility index (Phi) is 5.56. The van der Waals surface area contributed by atoms with Gasteiger partial charge in [0.1, 0.15) is 23.3 Å². The zero-order valence-corrected chi connectivity index (χ0v) is 18.2. The number of aromatic nitrogens is 4. The summed E-state index contributed by atoms with van der Waals surface area (Å²) in [6.45, 7) is 4.41. The van der Waals surface area contributed by atoms with Gasteiger partial charge < -0.3 is 9.64 Å². The van der Waals surface area contributed by atoms with Gasteiger partial charge in [0.2, 0.25) is 5.91 Å². The molecule has 2 aromatic heterocycles. The van der Waals surface area contributed by atoms with Crippen LogP contribution in [0.25, 0.3) is 16.9 Å². The first kappa shape index (κ1) is 21.4. The summed E-state index contributed by atoms with van der Waals surface area (Å²) >= 11 is 0. The van der Waals surface area contributed by atoms with Crippen molar-refractivity contribution in [3.63, 3.8) is 0 Å². The molecule has 3 heterocycles. The molecule has 1 fully saturated rings. The normalized spacial score (nSPS) is 15.4. The van der Waals surface area contributed by atoms with E-state index in [1.165, 1.54) is 17.0 Å². The number of ether oxygens (including phenoxy) is 1. The Bertz CT molecular complexity index is 1410. The highest BCUT2D eigenvalue weighted by atomic mass is 16.5. The SMILES string of the molecule is C=CC(=O)N1CC[C@@H](n2c(=O)n(-c3ccc(Oc4ccccc4)cc3)c3c(NO)ncnc32)C1. The van der Waals surface area contributed by atoms with Crippen molar-refractivity contribution in [1.82, 2.24) is 24.0 Å². The van der Waals surface area contributed by atoms with Crippen molar-refractivity contribution in [3.8, 4) is 17.2 Å². The van der Waals surface area contributed by atoms with Gasteiger partial charge in [-0.05, 0) is 48.9 Å². The maximum Gasteiger partial charge on any atom is 0.335 e. The van der Waals surface area contributed by atoms with E-state index in [0.717, 1.165) is 0 Å². The molecule has 10 heteroatoms. The molecule has 0 spiro atoms. The summed E-state index contributed by atoms with van der Waals surface area (Å²) in [5.41, 5.74) is 2.97. The van der Waals surface area contributed by atoms with Gasteiger partial charge >= 0.3 is 5.69 Å². The van der Waals surface area contributed by atoms with Gasteiger partial charge in [0, 0.05) is 13.1 Å². The Morgan fingerprint density at radius 3 is 2.56 bits per heavy atom. The molecule has 1 amide bonds. The smallest absolute Gasteiger partial charge is 0.335 e. The van der Waals surface area contributed by atoms with Crippen LogP contribution in [0, 0.1) is 0 Å². The lowest BCUT2D eigenvalue weighted by molar-refractivity contribution is -0.125. The van der Waals surface area contributed by atoms with Crippen LogP contribution in [0.4, 0.5) is 5.82 Å². The average molecular weight is 458 g/mol. The van der Waals surface area contributed by atoms with Crippen molar-refractivity contribution in [2.24, 2.45) is 0 Å². The summed E-state index contributed by atoms with van der Waals surface area (Å²) in [5, 5.41) is 9.68. The Hall–Kier alpha value is -4.44. The largest absolute Gasteiger partial charge is 0.457 e. The maximum atomic E-state index is 13.7. The van der Waals surface area contributed by atoms with E-state index in [9.17, 15) is 14.8 Å². The standard InChI is InChI=1S/C24H22N6O4/c1-2-20(31)28-13-12-17(14-28)30-23-21(22(27-33)25-15-26-23)29(24(30)32)16-8-10-19(11-9-16)34-18-6-4-3-5-7-18/h2-11,15,17,33H,1,12-14H2,(H,25,26,27)/t17-/m1/s1. The van der Waals surface area contributed by atoms with E-state index in [2.05, 4.69) is 22.0 Å². The second-order valence-corrected chi connectivity index (χ2v) is 7.83. The minimum Gasteiger partial charge on any atom is -0.457 e. The summed E-state index contributed by atoms with van der Waals surface area (Å²) in [7, 11) is 0. The second kappa shape index (κ2) is 8.83. The molecule has 34 heavy (non-hydrogen) atoms. The molecule has 4 aromatic rings. The first-order valence-electron chi connectivity index (χ1n) is 10.7. The Balaban J connectivity index is 1.58. The highest BCUT2D eigenvalue weighted by Gasteiger charge is 2.31. The van der Waals surface area contributed by atoms with Gasteiger partial charge in [-0.15, -0.1) is 0 Å². The predicted octanol–water partition coefficient (Wildman–Crippen LogP) is 3.14. The molecule has 1 aliphatic heterocycles. The zero-order chi connectivity index (χ0) is 23.7. The van der Waals surface area contributed by atoms with E-state index < -0.39 is 0 Å². The maximum absolute atomic E-state index is 13.7. The van der Waals surface area contributed by atoms with Crippen LogP contribution in [-0.2, 0) is 4.79 Å². The highest BCUT2D eigenvalue weighted by Crippen LogP contribution is 2.29. The topological polar surface area (TPSA) is 115 Å². The molecular formula is C24H22N6O4. The summed E-state index contributed by atoms with van der Waals surface area (Å²) in [6.07, 6.45) is 3.14. The van der Waals surface area contributed by atoms with Crippen LogP contribution in [0.3, 0.4) is 0 Å². The number of anilines is 1. The Morgan fingerprint density at radius 2 is 1.85 bits per heavy atom. The molecule has 2 N–H and O–H groups in total. The molecule has 2 aromatic carbocycles. The number of nitrogens with zero attached hydrogens (tertiary/aromatic N) is 5. The predicted molar refractivity (Wildman–Crippen MR) is 125 cm³/mol. The summed E-state index contributed by atoms with van der Waals surface area (Å²) < 4.78 is 8.85. The first-order valence-corrected chi connectivity index (χ1v) is 10.7. The van der Waals surface area contributed by atoms with Gasteiger partial charge in [0.05, 0.1) is 11.7 Å². The second-order valence-electron chi connectivity index (χ2n) is 7.83. The van der Waals surface area contributed by atoms with E-state index in [1.54, 1.807) is 33.7 Å². The number of imidazole rings is 1. The lowest BCUT2D eigenvalue weighted by Gasteiger charge is -2.14. The van der Waals surface area contributed by atoms with E-state index in [-0.39, 0.29) is 23.5 Å². The number of carbonyl (C=O) groups is 1. The number of amides is 1. The number of para-hydroxylation sites is 1. The van der Waals surface area contributed by atoms with Crippen LogP contribution < -0.4 is 15.9 Å². The number of hydrogen-bond donors (Lipinski definition) is 2. The van der Waals surface area contributed by atoms with Gasteiger partial charge in [-0.25, -0.2) is 14.8 Å². The number of fused-ring (bicyclic) bond motifs is 1.